The first-order valence-corrected chi connectivity index (χ1v) is 11.3. The molecule has 0 spiro atoms. The van der Waals surface area contributed by atoms with Gasteiger partial charge in [0.2, 0.25) is 5.91 Å². The van der Waals surface area contributed by atoms with Crippen LogP contribution in [0.1, 0.15) is 31.4 Å². The van der Waals surface area contributed by atoms with Gasteiger partial charge in [0.05, 0.1) is 38.1 Å². The van der Waals surface area contributed by atoms with Gasteiger partial charge in [-0.15, -0.1) is 0 Å². The standard InChI is InChI=1S/C25H29N3O6/c1-5-33-20-9-16-8-15(2)34-21(16)10-17(20)13-26-24(29)6-7-28-14-27-19-12-23(32-4)22(31-3)11-18(19)25(28)30/h9-12,14-15H,5-8,13H2,1-4H3,(H,26,29)/t15-/m1/s1. The quantitative estimate of drug-likeness (QED) is 0.516. The molecule has 2 heterocycles. The summed E-state index contributed by atoms with van der Waals surface area (Å²) in [6.07, 6.45) is 2.54. The Labute approximate surface area is 197 Å². The summed E-state index contributed by atoms with van der Waals surface area (Å²) >= 11 is 0. The number of aromatic nitrogens is 2. The highest BCUT2D eigenvalue weighted by Crippen LogP contribution is 2.35. The van der Waals surface area contributed by atoms with E-state index >= 15 is 0 Å². The Hall–Kier alpha value is -3.75. The van der Waals surface area contributed by atoms with Gasteiger partial charge in [-0.25, -0.2) is 4.98 Å². The van der Waals surface area contributed by atoms with Crippen LogP contribution in [0.5, 0.6) is 23.0 Å². The van der Waals surface area contributed by atoms with Crippen molar-refractivity contribution in [3.63, 3.8) is 0 Å². The lowest BCUT2D eigenvalue weighted by Gasteiger charge is -2.14. The molecule has 9 heteroatoms. The van der Waals surface area contributed by atoms with Crippen LogP contribution in [0, 0.1) is 0 Å². The lowest BCUT2D eigenvalue weighted by Crippen LogP contribution is -2.27. The van der Waals surface area contributed by atoms with Crippen LogP contribution in [0.25, 0.3) is 10.9 Å². The number of aryl methyl sites for hydroxylation is 1. The van der Waals surface area contributed by atoms with Gasteiger partial charge in [0.15, 0.2) is 11.5 Å². The number of hydrogen-bond donors (Lipinski definition) is 1. The highest BCUT2D eigenvalue weighted by molar-refractivity contribution is 5.81. The molecule has 1 atom stereocenters. The maximum atomic E-state index is 12.9. The summed E-state index contributed by atoms with van der Waals surface area (Å²) in [4.78, 5) is 29.8. The van der Waals surface area contributed by atoms with Crippen LogP contribution in [-0.2, 0) is 24.3 Å². The van der Waals surface area contributed by atoms with E-state index in [9.17, 15) is 9.59 Å². The molecule has 1 aliphatic rings. The van der Waals surface area contributed by atoms with E-state index in [1.165, 1.54) is 25.1 Å². The van der Waals surface area contributed by atoms with Crippen molar-refractivity contribution >= 4 is 16.8 Å². The molecule has 1 amide bonds. The fraction of sp³-hybridized carbons (Fsp3) is 0.400. The summed E-state index contributed by atoms with van der Waals surface area (Å²) in [7, 11) is 3.03. The third kappa shape index (κ3) is 4.78. The molecule has 0 saturated heterocycles. The van der Waals surface area contributed by atoms with Gasteiger partial charge < -0.3 is 24.3 Å². The summed E-state index contributed by atoms with van der Waals surface area (Å²) in [5.41, 5.74) is 2.22. The molecule has 1 N–H and O–H groups in total. The zero-order valence-corrected chi connectivity index (χ0v) is 19.8. The minimum atomic E-state index is -0.248. The monoisotopic (exact) mass is 467 g/mol. The van der Waals surface area contributed by atoms with Gasteiger partial charge in [-0.1, -0.05) is 0 Å². The molecule has 34 heavy (non-hydrogen) atoms. The van der Waals surface area contributed by atoms with Gasteiger partial charge in [0.25, 0.3) is 5.56 Å². The van der Waals surface area contributed by atoms with Crippen molar-refractivity contribution in [1.29, 1.82) is 0 Å². The topological polar surface area (TPSA) is 101 Å². The molecule has 0 bridgehead atoms. The zero-order chi connectivity index (χ0) is 24.2. The molecule has 180 valence electrons. The van der Waals surface area contributed by atoms with Gasteiger partial charge >= 0.3 is 0 Å². The zero-order valence-electron chi connectivity index (χ0n) is 19.8. The summed E-state index contributed by atoms with van der Waals surface area (Å²) in [5, 5.41) is 3.31. The van der Waals surface area contributed by atoms with Crippen molar-refractivity contribution < 1.29 is 23.7 Å². The lowest BCUT2D eigenvalue weighted by molar-refractivity contribution is -0.121. The number of fused-ring (bicyclic) bond motifs is 2. The maximum Gasteiger partial charge on any atom is 0.261 e. The van der Waals surface area contributed by atoms with E-state index in [2.05, 4.69) is 10.3 Å². The Morgan fingerprint density at radius 1 is 1.18 bits per heavy atom. The maximum absolute atomic E-state index is 12.9. The highest BCUT2D eigenvalue weighted by Gasteiger charge is 2.22. The Bertz CT molecular complexity index is 1270. The van der Waals surface area contributed by atoms with Gasteiger partial charge in [-0.3, -0.25) is 14.2 Å². The second-order valence-electron chi connectivity index (χ2n) is 8.13. The summed E-state index contributed by atoms with van der Waals surface area (Å²) in [6.45, 7) is 4.99. The van der Waals surface area contributed by atoms with Gasteiger partial charge in [-0.2, -0.15) is 0 Å². The van der Waals surface area contributed by atoms with Crippen molar-refractivity contribution in [3.05, 3.63) is 52.1 Å². The number of amides is 1. The van der Waals surface area contributed by atoms with Crippen molar-refractivity contribution in [2.75, 3.05) is 20.8 Å². The van der Waals surface area contributed by atoms with Crippen LogP contribution in [0.15, 0.2) is 35.4 Å². The van der Waals surface area contributed by atoms with Crippen LogP contribution < -0.4 is 29.8 Å². The predicted octanol–water partition coefficient (Wildman–Crippen LogP) is 2.84. The van der Waals surface area contributed by atoms with Crippen molar-refractivity contribution in [2.24, 2.45) is 0 Å². The summed E-state index contributed by atoms with van der Waals surface area (Å²) in [6, 6.07) is 7.19. The van der Waals surface area contributed by atoms with E-state index in [1.54, 1.807) is 12.1 Å². The first-order valence-electron chi connectivity index (χ1n) is 11.3. The largest absolute Gasteiger partial charge is 0.494 e. The molecule has 0 fully saturated rings. The fourth-order valence-corrected chi connectivity index (χ4v) is 4.06. The van der Waals surface area contributed by atoms with Crippen LogP contribution in [-0.4, -0.2) is 42.4 Å². The fourth-order valence-electron chi connectivity index (χ4n) is 4.06. The van der Waals surface area contributed by atoms with Gasteiger partial charge in [-0.05, 0) is 32.0 Å². The van der Waals surface area contributed by atoms with Gasteiger partial charge in [0.1, 0.15) is 17.6 Å². The second kappa shape index (κ2) is 10.0. The molecular formula is C25H29N3O6. The number of ether oxygens (including phenoxy) is 4. The molecule has 1 aromatic heterocycles. The predicted molar refractivity (Wildman–Crippen MR) is 127 cm³/mol. The Kier molecular flexibility index (Phi) is 6.90. The molecule has 3 aromatic rings. The van der Waals surface area contributed by atoms with E-state index in [-0.39, 0.29) is 30.5 Å². The number of nitrogens with one attached hydrogen (secondary N) is 1. The van der Waals surface area contributed by atoms with Crippen LogP contribution in [0.3, 0.4) is 0 Å². The first kappa shape index (κ1) is 23.4. The Morgan fingerprint density at radius 2 is 1.94 bits per heavy atom. The van der Waals surface area contributed by atoms with Crippen LogP contribution in [0.2, 0.25) is 0 Å². The number of benzene rings is 2. The molecule has 0 radical (unpaired) electrons. The number of hydrogen-bond acceptors (Lipinski definition) is 7. The third-order valence-corrected chi connectivity index (χ3v) is 5.76. The SMILES string of the molecule is CCOc1cc2c(cc1CNC(=O)CCn1cnc3cc(OC)c(OC)cc3c1=O)O[C@H](C)C2. The molecular weight excluding hydrogens is 438 g/mol. The third-order valence-electron chi connectivity index (χ3n) is 5.76. The van der Waals surface area contributed by atoms with E-state index in [4.69, 9.17) is 18.9 Å². The smallest absolute Gasteiger partial charge is 0.261 e. The van der Waals surface area contributed by atoms with E-state index in [0.29, 0.717) is 35.6 Å². The number of carbonyl (C=O) groups is 1. The van der Waals surface area contributed by atoms with Crippen molar-refractivity contribution in [3.8, 4) is 23.0 Å². The average molecular weight is 468 g/mol. The molecule has 9 nitrogen and oxygen atoms in total. The van der Waals surface area contributed by atoms with Gasteiger partial charge in [0, 0.05) is 43.1 Å². The van der Waals surface area contributed by atoms with Crippen LogP contribution in [0.4, 0.5) is 0 Å². The van der Waals surface area contributed by atoms with E-state index in [0.717, 1.165) is 29.0 Å². The molecule has 2 aromatic carbocycles. The van der Waals surface area contributed by atoms with Crippen molar-refractivity contribution in [2.45, 2.75) is 45.9 Å². The molecule has 0 aliphatic carbocycles. The number of nitrogens with zero attached hydrogens (tertiary/aromatic N) is 2. The normalized spacial score (nSPS) is 14.4. The molecule has 0 saturated carbocycles. The first-order chi connectivity index (χ1) is 16.4. The highest BCUT2D eigenvalue weighted by atomic mass is 16.5. The number of methoxy groups -OCH3 is 2. The Morgan fingerprint density at radius 3 is 2.68 bits per heavy atom. The van der Waals surface area contributed by atoms with Crippen LogP contribution >= 0.6 is 0 Å². The number of carbonyl (C=O) groups excluding carboxylic acids is 1. The number of rotatable bonds is 9. The minimum Gasteiger partial charge on any atom is -0.494 e. The molecule has 0 unspecified atom stereocenters. The molecule has 4 rings (SSSR count). The van der Waals surface area contributed by atoms with Crippen molar-refractivity contribution in [1.82, 2.24) is 14.9 Å². The summed E-state index contributed by atoms with van der Waals surface area (Å²) < 4.78 is 23.6. The average Bonchev–Trinajstić information content (AvgIpc) is 3.20. The second-order valence-corrected chi connectivity index (χ2v) is 8.13. The lowest BCUT2D eigenvalue weighted by atomic mass is 10.1. The molecule has 1 aliphatic heterocycles. The summed E-state index contributed by atoms with van der Waals surface area (Å²) in [5.74, 6) is 2.34. The Balaban J connectivity index is 1.43. The minimum absolute atomic E-state index is 0.128. The van der Waals surface area contributed by atoms with E-state index in [1.807, 2.05) is 26.0 Å². The van der Waals surface area contributed by atoms with E-state index < -0.39 is 0 Å².